The third kappa shape index (κ3) is 2.71. The molecule has 2 aromatic rings. The van der Waals surface area contributed by atoms with Gasteiger partial charge in [-0.3, -0.25) is 0 Å². The number of benzene rings is 1. The molecule has 0 amide bonds. The smallest absolute Gasteiger partial charge is 0.173 e. The highest BCUT2D eigenvalue weighted by molar-refractivity contribution is 9.10. The number of fused-ring (bicyclic) bond motifs is 1. The second-order valence-electron chi connectivity index (χ2n) is 4.38. The molecule has 6 heteroatoms. The van der Waals surface area contributed by atoms with Gasteiger partial charge in [-0.25, -0.2) is 0 Å². The second kappa shape index (κ2) is 6.00. The zero-order valence-corrected chi connectivity index (χ0v) is 14.3. The molecule has 0 N–H and O–H groups in total. The fraction of sp³-hybridized carbons (Fsp3) is 0.286. The van der Waals surface area contributed by atoms with E-state index in [1.54, 1.807) is 12.3 Å². The van der Waals surface area contributed by atoms with Crippen LogP contribution in [-0.4, -0.2) is 13.2 Å². The maximum absolute atomic E-state index is 6.37. The number of alkyl halides is 1. The lowest BCUT2D eigenvalue weighted by molar-refractivity contribution is 0.297. The summed E-state index contributed by atoms with van der Waals surface area (Å²) in [5.74, 6) is 1.42. The van der Waals surface area contributed by atoms with Gasteiger partial charge >= 0.3 is 0 Å². The monoisotopic (exact) mass is 420 g/mol. The summed E-state index contributed by atoms with van der Waals surface area (Å²) in [6, 6.07) is 5.62. The van der Waals surface area contributed by atoms with E-state index in [0.29, 0.717) is 28.7 Å². The number of furan rings is 1. The van der Waals surface area contributed by atoms with Crippen molar-refractivity contribution in [2.75, 3.05) is 13.2 Å². The van der Waals surface area contributed by atoms with E-state index in [9.17, 15) is 0 Å². The first-order valence-corrected chi connectivity index (χ1v) is 8.21. The van der Waals surface area contributed by atoms with Crippen LogP contribution < -0.4 is 9.47 Å². The molecule has 0 aliphatic carbocycles. The van der Waals surface area contributed by atoms with Gasteiger partial charge in [0.1, 0.15) is 0 Å². The lowest BCUT2D eigenvalue weighted by Crippen LogP contribution is -1.98. The van der Waals surface area contributed by atoms with Crippen molar-refractivity contribution in [3.05, 3.63) is 45.3 Å². The zero-order chi connectivity index (χ0) is 14.1. The van der Waals surface area contributed by atoms with Gasteiger partial charge in [0.25, 0.3) is 0 Å². The molecule has 1 aliphatic rings. The summed E-state index contributed by atoms with van der Waals surface area (Å²) in [7, 11) is 0. The van der Waals surface area contributed by atoms with Gasteiger partial charge in [-0.2, -0.15) is 0 Å². The molecule has 1 aliphatic heterocycles. The van der Waals surface area contributed by atoms with Crippen LogP contribution in [0.5, 0.6) is 11.5 Å². The zero-order valence-electron chi connectivity index (χ0n) is 10.4. The van der Waals surface area contributed by atoms with E-state index in [0.717, 1.165) is 23.3 Å². The Morgan fingerprint density at radius 2 is 1.80 bits per heavy atom. The third-order valence-electron chi connectivity index (χ3n) is 3.06. The van der Waals surface area contributed by atoms with Crippen LogP contribution in [0.15, 0.2) is 33.5 Å². The summed E-state index contributed by atoms with van der Waals surface area (Å²) in [6.07, 6.45) is 2.50. The van der Waals surface area contributed by atoms with Crippen LogP contribution in [0.3, 0.4) is 0 Å². The van der Waals surface area contributed by atoms with E-state index in [2.05, 4.69) is 31.9 Å². The number of ether oxygens (including phenoxy) is 2. The summed E-state index contributed by atoms with van der Waals surface area (Å²) >= 11 is 13.4. The van der Waals surface area contributed by atoms with Crippen LogP contribution in [0, 0.1) is 0 Å². The highest BCUT2D eigenvalue weighted by Gasteiger charge is 2.22. The Labute approximate surface area is 138 Å². The maximum Gasteiger partial charge on any atom is 0.173 e. The Balaban J connectivity index is 2.01. The Hall–Kier alpha value is -0.650. The van der Waals surface area contributed by atoms with Crippen molar-refractivity contribution in [3.63, 3.8) is 0 Å². The largest absolute Gasteiger partial charge is 0.490 e. The topological polar surface area (TPSA) is 31.6 Å². The minimum Gasteiger partial charge on any atom is -0.490 e. The molecule has 0 bridgehead atoms. The molecule has 0 saturated carbocycles. The predicted octanol–water partition coefficient (Wildman–Crippen LogP) is 5.34. The average Bonchev–Trinajstić information content (AvgIpc) is 2.72. The molecule has 0 saturated heterocycles. The lowest BCUT2D eigenvalue weighted by Gasteiger charge is -2.15. The van der Waals surface area contributed by atoms with Gasteiger partial charge in [-0.1, -0.05) is 27.5 Å². The van der Waals surface area contributed by atoms with Gasteiger partial charge in [-0.15, -0.1) is 0 Å². The molecule has 0 spiro atoms. The van der Waals surface area contributed by atoms with Crippen LogP contribution in [-0.2, 0) is 0 Å². The molecular weight excluding hydrogens is 411 g/mol. The van der Waals surface area contributed by atoms with E-state index < -0.39 is 0 Å². The molecule has 106 valence electrons. The highest BCUT2D eigenvalue weighted by atomic mass is 79.9. The normalized spacial score (nSPS) is 15.8. The number of hydrogen-bond donors (Lipinski definition) is 0. The summed E-state index contributed by atoms with van der Waals surface area (Å²) < 4.78 is 17.3. The van der Waals surface area contributed by atoms with Gasteiger partial charge < -0.3 is 13.9 Å². The third-order valence-corrected chi connectivity index (χ3v) is 5.02. The Kier molecular flexibility index (Phi) is 4.29. The Bertz CT molecular complexity index is 627. The molecule has 3 rings (SSSR count). The van der Waals surface area contributed by atoms with Gasteiger partial charge in [0.2, 0.25) is 0 Å². The molecule has 3 nitrogen and oxygen atoms in total. The summed E-state index contributed by atoms with van der Waals surface area (Å²) in [5.41, 5.74) is 1.89. The first-order chi connectivity index (χ1) is 9.66. The SMILES string of the molecule is Clc1cc2c(cc1C(Br)c1ccoc1Br)OCCCO2. The first kappa shape index (κ1) is 14.3. The molecule has 1 aromatic carbocycles. The van der Waals surface area contributed by atoms with Crippen LogP contribution in [0.1, 0.15) is 22.4 Å². The van der Waals surface area contributed by atoms with E-state index in [4.69, 9.17) is 25.5 Å². The molecule has 2 heterocycles. The van der Waals surface area contributed by atoms with Gasteiger partial charge in [0.05, 0.1) is 24.3 Å². The number of hydrogen-bond acceptors (Lipinski definition) is 3. The molecule has 1 aromatic heterocycles. The fourth-order valence-corrected chi connectivity index (χ4v) is 3.96. The van der Waals surface area contributed by atoms with Crippen molar-refractivity contribution < 1.29 is 13.9 Å². The van der Waals surface area contributed by atoms with Crippen LogP contribution in [0.25, 0.3) is 0 Å². The van der Waals surface area contributed by atoms with Crippen molar-refractivity contribution in [1.82, 2.24) is 0 Å². The number of rotatable bonds is 2. The van der Waals surface area contributed by atoms with Crippen LogP contribution in [0.2, 0.25) is 5.02 Å². The van der Waals surface area contributed by atoms with Crippen molar-refractivity contribution >= 4 is 43.5 Å². The van der Waals surface area contributed by atoms with Crippen molar-refractivity contribution in [2.24, 2.45) is 0 Å². The second-order valence-corrected chi connectivity index (χ2v) is 6.43. The summed E-state index contributed by atoms with van der Waals surface area (Å²) in [5, 5.41) is 0.629. The van der Waals surface area contributed by atoms with Crippen LogP contribution in [0.4, 0.5) is 0 Å². The van der Waals surface area contributed by atoms with E-state index in [-0.39, 0.29) is 4.83 Å². The number of halogens is 3. The molecule has 1 unspecified atom stereocenters. The maximum atomic E-state index is 6.37. The minimum atomic E-state index is -0.0831. The average molecular weight is 423 g/mol. The molecule has 0 fully saturated rings. The van der Waals surface area contributed by atoms with Crippen molar-refractivity contribution in [1.29, 1.82) is 0 Å². The molecule has 1 atom stereocenters. The predicted molar refractivity (Wildman–Crippen MR) is 84.2 cm³/mol. The van der Waals surface area contributed by atoms with E-state index in [1.165, 1.54) is 0 Å². The van der Waals surface area contributed by atoms with E-state index >= 15 is 0 Å². The first-order valence-electron chi connectivity index (χ1n) is 6.13. The van der Waals surface area contributed by atoms with Gasteiger partial charge in [0.15, 0.2) is 16.2 Å². The summed E-state index contributed by atoms with van der Waals surface area (Å²) in [6.45, 7) is 1.30. The minimum absolute atomic E-state index is 0.0831. The quantitative estimate of drug-likeness (QED) is 0.612. The Morgan fingerprint density at radius 1 is 1.10 bits per heavy atom. The fourth-order valence-electron chi connectivity index (χ4n) is 2.05. The standard InChI is InChI=1S/C14H11Br2ClO3/c15-13(8-2-5-20-14(8)16)9-6-11-12(7-10(9)17)19-4-1-3-18-11/h2,5-7,13H,1,3-4H2. The van der Waals surface area contributed by atoms with Crippen molar-refractivity contribution in [2.45, 2.75) is 11.2 Å². The molecule has 0 radical (unpaired) electrons. The molecule has 20 heavy (non-hydrogen) atoms. The Morgan fingerprint density at radius 3 is 2.45 bits per heavy atom. The summed E-state index contributed by atoms with van der Waals surface area (Å²) in [4.78, 5) is -0.0831. The lowest BCUT2D eigenvalue weighted by atomic mass is 10.1. The van der Waals surface area contributed by atoms with Crippen LogP contribution >= 0.6 is 43.5 Å². The van der Waals surface area contributed by atoms with E-state index in [1.807, 2.05) is 12.1 Å². The molecular formula is C14H11Br2ClO3. The van der Waals surface area contributed by atoms with Gasteiger partial charge in [0, 0.05) is 23.1 Å². The highest BCUT2D eigenvalue weighted by Crippen LogP contribution is 2.43. The van der Waals surface area contributed by atoms with Gasteiger partial charge in [-0.05, 0) is 33.6 Å². The van der Waals surface area contributed by atoms with Crippen molar-refractivity contribution in [3.8, 4) is 11.5 Å².